The Hall–Kier alpha value is -2.14. The molecule has 0 saturated carbocycles. The van der Waals surface area contributed by atoms with Gasteiger partial charge in [0.1, 0.15) is 0 Å². The van der Waals surface area contributed by atoms with Crippen LogP contribution in [0.2, 0.25) is 0 Å². The quantitative estimate of drug-likeness (QED) is 0.496. The van der Waals surface area contributed by atoms with Crippen LogP contribution in [0.1, 0.15) is 52.0 Å². The third kappa shape index (κ3) is 5.56. The Bertz CT molecular complexity index is 1090. The van der Waals surface area contributed by atoms with Crippen molar-refractivity contribution in [1.29, 1.82) is 0 Å². The number of halogens is 5. The van der Waals surface area contributed by atoms with E-state index in [9.17, 15) is 22.8 Å². The summed E-state index contributed by atoms with van der Waals surface area (Å²) in [7, 11) is 0. The molecule has 0 spiro atoms. The number of amides is 2. The van der Waals surface area contributed by atoms with Crippen LogP contribution in [0.4, 0.5) is 18.9 Å². The fourth-order valence-corrected chi connectivity index (χ4v) is 5.22. The molecule has 2 aliphatic rings. The second-order valence-electron chi connectivity index (χ2n) is 8.50. The van der Waals surface area contributed by atoms with Gasteiger partial charge in [-0.05, 0) is 59.8 Å². The summed E-state index contributed by atoms with van der Waals surface area (Å²) in [6, 6.07) is 3.65. The highest BCUT2D eigenvalue weighted by Gasteiger charge is 2.38. The molecule has 1 aromatic carbocycles. The Labute approximate surface area is 212 Å². The first-order valence-corrected chi connectivity index (χ1v) is 12.6. The molecule has 1 atom stereocenters. The Kier molecular flexibility index (Phi) is 7.51. The fraction of sp³-hybridized carbons (Fsp3) is 0.435. The van der Waals surface area contributed by atoms with E-state index in [1.807, 2.05) is 0 Å². The van der Waals surface area contributed by atoms with Crippen molar-refractivity contribution in [2.24, 2.45) is 0 Å². The number of hydrogen-bond acceptors (Lipinski definition) is 4. The molecular formula is C23H23Br2F3N4O2. The highest BCUT2D eigenvalue weighted by molar-refractivity contribution is 9.10. The molecule has 0 bridgehead atoms. The van der Waals surface area contributed by atoms with Crippen molar-refractivity contribution in [3.63, 3.8) is 0 Å². The molecule has 182 valence electrons. The molecule has 1 N–H and O–H groups in total. The van der Waals surface area contributed by atoms with Crippen LogP contribution in [0.15, 0.2) is 39.5 Å². The van der Waals surface area contributed by atoms with E-state index < -0.39 is 23.7 Å². The van der Waals surface area contributed by atoms with Crippen molar-refractivity contribution < 1.29 is 22.8 Å². The lowest BCUT2D eigenvalue weighted by molar-refractivity contribution is -0.137. The number of aromatic nitrogens is 1. The number of piperidine rings is 1. The van der Waals surface area contributed by atoms with E-state index in [0.29, 0.717) is 36.1 Å². The van der Waals surface area contributed by atoms with Gasteiger partial charge in [-0.1, -0.05) is 15.9 Å². The molecule has 2 aromatic rings. The number of rotatable bonds is 4. The number of anilines is 1. The van der Waals surface area contributed by atoms with Crippen molar-refractivity contribution in [1.82, 2.24) is 14.8 Å². The van der Waals surface area contributed by atoms with Gasteiger partial charge in [0.15, 0.2) is 0 Å². The number of alkyl halides is 3. The van der Waals surface area contributed by atoms with Crippen LogP contribution in [0, 0.1) is 0 Å². The highest BCUT2D eigenvalue weighted by Crippen LogP contribution is 2.40. The van der Waals surface area contributed by atoms with Crippen LogP contribution in [-0.4, -0.2) is 58.8 Å². The van der Waals surface area contributed by atoms with Gasteiger partial charge in [0.25, 0.3) is 11.8 Å². The molecule has 2 fully saturated rings. The Morgan fingerprint density at radius 1 is 0.941 bits per heavy atom. The molecule has 2 aliphatic heterocycles. The smallest absolute Gasteiger partial charge is 0.379 e. The molecule has 6 nitrogen and oxygen atoms in total. The number of carbonyl (C=O) groups is 2. The molecule has 2 amide bonds. The van der Waals surface area contributed by atoms with Gasteiger partial charge < -0.3 is 15.1 Å². The zero-order valence-electron chi connectivity index (χ0n) is 18.2. The van der Waals surface area contributed by atoms with E-state index >= 15 is 0 Å². The van der Waals surface area contributed by atoms with Crippen LogP contribution >= 0.6 is 31.9 Å². The minimum Gasteiger partial charge on any atom is -0.379 e. The van der Waals surface area contributed by atoms with Crippen LogP contribution in [0.5, 0.6) is 0 Å². The lowest BCUT2D eigenvalue weighted by Gasteiger charge is -2.29. The normalized spacial score (nSPS) is 18.8. The molecular weight excluding hydrogens is 581 g/mol. The summed E-state index contributed by atoms with van der Waals surface area (Å²) in [4.78, 5) is 33.3. The molecule has 4 rings (SSSR count). The second kappa shape index (κ2) is 10.2. The number of nitrogens with one attached hydrogen (secondary N) is 1. The number of likely N-dealkylation sites (tertiary alicyclic amines) is 2. The van der Waals surface area contributed by atoms with Crippen LogP contribution in [0.25, 0.3) is 0 Å². The van der Waals surface area contributed by atoms with Crippen molar-refractivity contribution >= 4 is 49.4 Å². The summed E-state index contributed by atoms with van der Waals surface area (Å²) in [5.41, 5.74) is -0.738. The predicted molar refractivity (Wildman–Crippen MR) is 129 cm³/mol. The molecule has 0 radical (unpaired) electrons. The number of nitrogens with zero attached hydrogens (tertiary/aromatic N) is 3. The van der Waals surface area contributed by atoms with Gasteiger partial charge >= 0.3 is 6.18 Å². The molecule has 0 aliphatic carbocycles. The highest BCUT2D eigenvalue weighted by atomic mass is 79.9. The van der Waals surface area contributed by atoms with Gasteiger partial charge in [-0.15, -0.1) is 0 Å². The van der Waals surface area contributed by atoms with Gasteiger partial charge in [-0.3, -0.25) is 14.6 Å². The summed E-state index contributed by atoms with van der Waals surface area (Å²) < 4.78 is 42.8. The zero-order valence-corrected chi connectivity index (χ0v) is 21.3. The third-order valence-corrected chi connectivity index (χ3v) is 6.95. The first-order valence-electron chi connectivity index (χ1n) is 11.0. The van der Waals surface area contributed by atoms with Crippen molar-refractivity contribution in [2.45, 2.75) is 37.9 Å². The van der Waals surface area contributed by atoms with Crippen molar-refractivity contribution in [3.05, 3.63) is 56.2 Å². The molecule has 2 saturated heterocycles. The fourth-order valence-electron chi connectivity index (χ4n) is 4.40. The van der Waals surface area contributed by atoms with Crippen LogP contribution in [-0.2, 0) is 6.18 Å². The molecule has 3 heterocycles. The SMILES string of the molecule is O=C(c1cncc(Br)c1)N1CC[C@@H](Nc2c(C(=O)N3CCCCC3)cc(Br)cc2C(F)(F)F)C1. The predicted octanol–water partition coefficient (Wildman–Crippen LogP) is 5.58. The maximum atomic E-state index is 14.0. The van der Waals surface area contributed by atoms with E-state index in [1.165, 1.54) is 12.3 Å². The minimum atomic E-state index is -4.65. The van der Waals surface area contributed by atoms with Gasteiger partial charge in [0.2, 0.25) is 0 Å². The topological polar surface area (TPSA) is 65.5 Å². The van der Waals surface area contributed by atoms with Crippen LogP contribution < -0.4 is 5.32 Å². The molecule has 34 heavy (non-hydrogen) atoms. The Morgan fingerprint density at radius 2 is 1.68 bits per heavy atom. The number of hydrogen-bond donors (Lipinski definition) is 1. The molecule has 1 aromatic heterocycles. The maximum absolute atomic E-state index is 14.0. The first-order chi connectivity index (χ1) is 16.1. The Morgan fingerprint density at radius 3 is 2.35 bits per heavy atom. The number of pyridine rings is 1. The van der Waals surface area contributed by atoms with Crippen LogP contribution in [0.3, 0.4) is 0 Å². The lowest BCUT2D eigenvalue weighted by atomic mass is 10.0. The monoisotopic (exact) mass is 602 g/mol. The lowest BCUT2D eigenvalue weighted by Crippen LogP contribution is -2.37. The zero-order chi connectivity index (χ0) is 24.5. The third-order valence-electron chi connectivity index (χ3n) is 6.06. The van der Waals surface area contributed by atoms with E-state index in [-0.39, 0.29) is 28.2 Å². The maximum Gasteiger partial charge on any atom is 0.418 e. The average Bonchev–Trinajstić information content (AvgIpc) is 3.27. The van der Waals surface area contributed by atoms with E-state index in [0.717, 1.165) is 25.3 Å². The van der Waals surface area contributed by atoms with E-state index in [4.69, 9.17) is 0 Å². The summed E-state index contributed by atoms with van der Waals surface area (Å²) in [6.45, 7) is 1.66. The van der Waals surface area contributed by atoms with Gasteiger partial charge in [0, 0.05) is 53.6 Å². The summed E-state index contributed by atoms with van der Waals surface area (Å²) in [6.07, 6.45) is 1.49. The average molecular weight is 604 g/mol. The number of carbonyl (C=O) groups excluding carboxylic acids is 2. The standard InChI is InChI=1S/C23H23Br2F3N4O2/c24-15-9-18(22(34)31-5-2-1-3-6-31)20(19(10-15)23(26,27)28)30-17-4-7-32(13-17)21(33)14-8-16(25)12-29-11-14/h8-12,17,30H,1-7,13H2/t17-/m1/s1. The number of benzene rings is 1. The first kappa shape index (κ1) is 25.0. The van der Waals surface area contributed by atoms with Crippen molar-refractivity contribution in [3.8, 4) is 0 Å². The largest absolute Gasteiger partial charge is 0.418 e. The summed E-state index contributed by atoms with van der Waals surface area (Å²) >= 11 is 6.43. The molecule has 11 heteroatoms. The molecule has 0 unspecified atom stereocenters. The van der Waals surface area contributed by atoms with E-state index in [1.54, 1.807) is 22.1 Å². The van der Waals surface area contributed by atoms with Gasteiger partial charge in [-0.25, -0.2) is 0 Å². The van der Waals surface area contributed by atoms with E-state index in [2.05, 4.69) is 42.2 Å². The van der Waals surface area contributed by atoms with Gasteiger partial charge in [0.05, 0.1) is 22.4 Å². The summed E-state index contributed by atoms with van der Waals surface area (Å²) in [5.74, 6) is -0.658. The Balaban J connectivity index is 1.60. The van der Waals surface area contributed by atoms with Crippen molar-refractivity contribution in [2.75, 3.05) is 31.5 Å². The van der Waals surface area contributed by atoms with Gasteiger partial charge in [-0.2, -0.15) is 13.2 Å². The second-order valence-corrected chi connectivity index (χ2v) is 10.3. The minimum absolute atomic E-state index is 0.00966. The summed E-state index contributed by atoms with van der Waals surface area (Å²) in [5, 5.41) is 2.97.